The summed E-state index contributed by atoms with van der Waals surface area (Å²) in [6.07, 6.45) is 1.60. The fourth-order valence-corrected chi connectivity index (χ4v) is 5.16. The normalized spacial score (nSPS) is 21.7. The van der Waals surface area contributed by atoms with Gasteiger partial charge >= 0.3 is 6.18 Å². The van der Waals surface area contributed by atoms with Crippen molar-refractivity contribution >= 4 is 23.3 Å². The number of hydrogen-bond acceptors (Lipinski definition) is 5. The second-order valence-corrected chi connectivity index (χ2v) is 9.18. The van der Waals surface area contributed by atoms with Crippen molar-refractivity contribution in [3.05, 3.63) is 70.9 Å². The lowest BCUT2D eigenvalue weighted by Crippen LogP contribution is -2.59. The number of carbonyl (C=O) groups excluding carboxylic acids is 1. The van der Waals surface area contributed by atoms with E-state index in [4.69, 9.17) is 11.6 Å². The molecule has 35 heavy (non-hydrogen) atoms. The average Bonchev–Trinajstić information content (AvgIpc) is 2.85. The molecule has 2 bridgehead atoms. The molecule has 0 spiro atoms. The number of rotatable bonds is 4. The molecular weight excluding hydrogens is 486 g/mol. The Bertz CT molecular complexity index is 1260. The van der Waals surface area contributed by atoms with E-state index in [1.165, 1.54) is 30.6 Å². The molecule has 3 fully saturated rings. The lowest BCUT2D eigenvalue weighted by molar-refractivity contribution is -0.137. The Morgan fingerprint density at radius 3 is 2.57 bits per heavy atom. The predicted molar refractivity (Wildman–Crippen MR) is 121 cm³/mol. The van der Waals surface area contributed by atoms with Gasteiger partial charge in [0.2, 0.25) is 0 Å². The standard InChI is InChI=1S/C24H20ClF4N5O/c25-18-9-14(24(27,28)29)11-32-22(18)33-19-8-13-2-5-20(19)34(12-13)23(35)16-4-3-15(26)10-17(16)21-30-6-1-7-31-21/h1,3-4,6-7,9-11,13,19-20H,2,5,8,12H2,(H,32,33). The summed E-state index contributed by atoms with van der Waals surface area (Å²) in [5.74, 6) is -0.198. The van der Waals surface area contributed by atoms with E-state index in [0.29, 0.717) is 18.5 Å². The molecule has 3 aromatic rings. The van der Waals surface area contributed by atoms with Crippen molar-refractivity contribution in [1.29, 1.82) is 0 Å². The number of amides is 1. The van der Waals surface area contributed by atoms with E-state index >= 15 is 0 Å². The highest BCUT2D eigenvalue weighted by molar-refractivity contribution is 6.33. The zero-order chi connectivity index (χ0) is 24.7. The van der Waals surface area contributed by atoms with Crippen molar-refractivity contribution in [3.63, 3.8) is 0 Å². The van der Waals surface area contributed by atoms with Crippen LogP contribution in [0.25, 0.3) is 11.4 Å². The third-order valence-electron chi connectivity index (χ3n) is 6.55. The maximum absolute atomic E-state index is 14.1. The molecule has 2 aliphatic heterocycles. The van der Waals surface area contributed by atoms with Gasteiger partial charge in [-0.1, -0.05) is 11.6 Å². The van der Waals surface area contributed by atoms with Gasteiger partial charge in [0.15, 0.2) is 5.82 Å². The van der Waals surface area contributed by atoms with Crippen molar-refractivity contribution in [1.82, 2.24) is 19.9 Å². The van der Waals surface area contributed by atoms with Gasteiger partial charge in [0.1, 0.15) is 11.6 Å². The third-order valence-corrected chi connectivity index (χ3v) is 6.84. The predicted octanol–water partition coefficient (Wildman–Crippen LogP) is 5.46. The summed E-state index contributed by atoms with van der Waals surface area (Å²) in [4.78, 5) is 27.6. The zero-order valence-electron chi connectivity index (χ0n) is 18.3. The number of pyridine rings is 1. The van der Waals surface area contributed by atoms with Gasteiger partial charge in [-0.25, -0.2) is 19.3 Å². The Balaban J connectivity index is 1.42. The van der Waals surface area contributed by atoms with Crippen LogP contribution in [-0.4, -0.2) is 44.4 Å². The van der Waals surface area contributed by atoms with Gasteiger partial charge in [-0.15, -0.1) is 0 Å². The maximum Gasteiger partial charge on any atom is 0.417 e. The van der Waals surface area contributed by atoms with Crippen molar-refractivity contribution in [2.45, 2.75) is 37.5 Å². The molecular formula is C24H20ClF4N5O. The number of alkyl halides is 3. The number of halogens is 5. The summed E-state index contributed by atoms with van der Waals surface area (Å²) < 4.78 is 53.0. The van der Waals surface area contributed by atoms with Gasteiger partial charge in [-0.2, -0.15) is 13.2 Å². The average molecular weight is 506 g/mol. The molecule has 11 heteroatoms. The molecule has 3 unspecified atom stereocenters. The second-order valence-electron chi connectivity index (χ2n) is 8.77. The number of nitrogens with zero attached hydrogens (tertiary/aromatic N) is 4. The van der Waals surface area contributed by atoms with Crippen LogP contribution < -0.4 is 5.32 Å². The highest BCUT2D eigenvalue weighted by Crippen LogP contribution is 2.39. The van der Waals surface area contributed by atoms with Crippen LogP contribution in [0.5, 0.6) is 0 Å². The van der Waals surface area contributed by atoms with Crippen LogP contribution in [0.4, 0.5) is 23.4 Å². The molecule has 1 amide bonds. The number of anilines is 1. The molecule has 3 atom stereocenters. The van der Waals surface area contributed by atoms with E-state index in [-0.39, 0.29) is 46.1 Å². The van der Waals surface area contributed by atoms with Crippen LogP contribution in [0.1, 0.15) is 35.2 Å². The third kappa shape index (κ3) is 4.67. The van der Waals surface area contributed by atoms with E-state index in [2.05, 4.69) is 20.3 Å². The molecule has 1 N–H and O–H groups in total. The Morgan fingerprint density at radius 2 is 1.89 bits per heavy atom. The first-order valence-electron chi connectivity index (χ1n) is 11.1. The Hall–Kier alpha value is -3.27. The number of nitrogens with one attached hydrogen (secondary N) is 1. The van der Waals surface area contributed by atoms with E-state index in [0.717, 1.165) is 25.1 Å². The first-order chi connectivity index (χ1) is 16.7. The largest absolute Gasteiger partial charge is 0.417 e. The summed E-state index contributed by atoms with van der Waals surface area (Å²) in [5.41, 5.74) is -0.342. The summed E-state index contributed by atoms with van der Waals surface area (Å²) in [5, 5.41) is 3.02. The van der Waals surface area contributed by atoms with Crippen LogP contribution in [0.2, 0.25) is 5.02 Å². The SMILES string of the molecule is O=C(c1ccc(F)cc1-c1ncccn1)N1CC2CCC1C(Nc1ncc(C(F)(F)F)cc1Cl)C2. The molecule has 6 nitrogen and oxygen atoms in total. The first-order valence-corrected chi connectivity index (χ1v) is 11.5. The summed E-state index contributed by atoms with van der Waals surface area (Å²) in [6.45, 7) is 0.530. The quantitative estimate of drug-likeness (QED) is 0.477. The molecule has 0 radical (unpaired) electrons. The number of carbonyl (C=O) groups is 1. The van der Waals surface area contributed by atoms with Crippen LogP contribution in [0.15, 0.2) is 48.9 Å². The number of benzene rings is 1. The van der Waals surface area contributed by atoms with Gasteiger partial charge in [0.25, 0.3) is 5.91 Å². The van der Waals surface area contributed by atoms with Crippen LogP contribution in [0, 0.1) is 11.7 Å². The Kier molecular flexibility index (Phi) is 6.08. The molecule has 1 saturated carbocycles. The molecule has 6 rings (SSSR count). The number of piperidine rings is 2. The van der Waals surface area contributed by atoms with Crippen LogP contribution in [0.3, 0.4) is 0 Å². The number of aromatic nitrogens is 3. The van der Waals surface area contributed by atoms with Crippen molar-refractivity contribution < 1.29 is 22.4 Å². The minimum Gasteiger partial charge on any atom is -0.364 e. The van der Waals surface area contributed by atoms with Gasteiger partial charge in [-0.3, -0.25) is 4.79 Å². The van der Waals surface area contributed by atoms with E-state index in [1.54, 1.807) is 11.0 Å². The highest BCUT2D eigenvalue weighted by Gasteiger charge is 2.44. The minimum absolute atomic E-state index is 0.138. The highest BCUT2D eigenvalue weighted by atomic mass is 35.5. The number of fused-ring (bicyclic) bond motifs is 3. The smallest absolute Gasteiger partial charge is 0.364 e. The Labute approximate surface area is 203 Å². The van der Waals surface area contributed by atoms with E-state index in [9.17, 15) is 22.4 Å². The molecule has 3 aliphatic rings. The number of hydrogen-bond donors (Lipinski definition) is 1. The van der Waals surface area contributed by atoms with Gasteiger partial charge in [0, 0.05) is 36.7 Å². The molecule has 2 aromatic heterocycles. The molecule has 1 aliphatic carbocycles. The fraction of sp³-hybridized carbons (Fsp3) is 0.333. The van der Waals surface area contributed by atoms with Crippen LogP contribution in [-0.2, 0) is 6.18 Å². The lowest BCUT2D eigenvalue weighted by Gasteiger charge is -2.50. The van der Waals surface area contributed by atoms with Gasteiger partial charge in [0.05, 0.1) is 22.2 Å². The van der Waals surface area contributed by atoms with Crippen molar-refractivity contribution in [3.8, 4) is 11.4 Å². The van der Waals surface area contributed by atoms with E-state index < -0.39 is 17.6 Å². The summed E-state index contributed by atoms with van der Waals surface area (Å²) >= 11 is 6.10. The lowest BCUT2D eigenvalue weighted by atomic mass is 9.76. The molecule has 2 saturated heterocycles. The van der Waals surface area contributed by atoms with Crippen molar-refractivity contribution in [2.75, 3.05) is 11.9 Å². The van der Waals surface area contributed by atoms with Gasteiger partial charge < -0.3 is 10.2 Å². The first kappa shape index (κ1) is 23.5. The van der Waals surface area contributed by atoms with Gasteiger partial charge in [-0.05, 0) is 55.5 Å². The fourth-order valence-electron chi connectivity index (χ4n) is 4.94. The zero-order valence-corrected chi connectivity index (χ0v) is 19.0. The second kappa shape index (κ2) is 9.07. The molecule has 1 aromatic carbocycles. The summed E-state index contributed by atoms with van der Waals surface area (Å²) in [6, 6.07) is 5.89. The minimum atomic E-state index is -4.54. The topological polar surface area (TPSA) is 71.0 Å². The van der Waals surface area contributed by atoms with Crippen LogP contribution >= 0.6 is 11.6 Å². The molecule has 4 heterocycles. The summed E-state index contributed by atoms with van der Waals surface area (Å²) in [7, 11) is 0. The van der Waals surface area contributed by atoms with Crippen molar-refractivity contribution in [2.24, 2.45) is 5.92 Å². The maximum atomic E-state index is 14.1. The monoisotopic (exact) mass is 505 g/mol. The Morgan fingerprint density at radius 1 is 1.11 bits per heavy atom. The van der Waals surface area contributed by atoms with E-state index in [1.807, 2.05) is 0 Å². The molecule has 182 valence electrons.